The number of para-hydroxylation sites is 1. The molecule has 2 amide bonds. The normalized spacial score (nSPS) is 19.0. The van der Waals surface area contributed by atoms with Gasteiger partial charge in [-0.3, -0.25) is 9.59 Å². The standard InChI is InChI=1S/C20H28N2O4/c1-4-17-7-5-6-15(2)19(17)22(16(3)23)14-18(24)21-10-8-20(9-11-21)25-12-13-26-20/h5-7H,4,8-14H2,1-3H3. The second-order valence-electron chi connectivity index (χ2n) is 7.03. The third-order valence-corrected chi connectivity index (χ3v) is 5.34. The van der Waals surface area contributed by atoms with Gasteiger partial charge in [0.15, 0.2) is 5.79 Å². The SMILES string of the molecule is CCc1cccc(C)c1N(CC(=O)N1CCC2(CC1)OCCO2)C(C)=O. The number of nitrogens with zero attached hydrogens (tertiary/aromatic N) is 2. The lowest BCUT2D eigenvalue weighted by Crippen LogP contribution is -2.50. The Bertz CT molecular complexity index is 672. The number of aryl methyl sites for hydroxylation is 2. The molecule has 3 rings (SSSR count). The number of piperidine rings is 1. The van der Waals surface area contributed by atoms with E-state index in [2.05, 4.69) is 6.92 Å². The smallest absolute Gasteiger partial charge is 0.242 e. The predicted octanol–water partition coefficient (Wildman–Crippen LogP) is 2.28. The quantitative estimate of drug-likeness (QED) is 0.827. The van der Waals surface area contributed by atoms with E-state index in [4.69, 9.17) is 9.47 Å². The van der Waals surface area contributed by atoms with Crippen LogP contribution < -0.4 is 4.90 Å². The van der Waals surface area contributed by atoms with Gasteiger partial charge in [-0.1, -0.05) is 25.1 Å². The highest BCUT2D eigenvalue weighted by atomic mass is 16.7. The summed E-state index contributed by atoms with van der Waals surface area (Å²) in [4.78, 5) is 28.6. The van der Waals surface area contributed by atoms with Crippen molar-refractivity contribution in [3.8, 4) is 0 Å². The second-order valence-corrected chi connectivity index (χ2v) is 7.03. The molecule has 1 spiro atoms. The summed E-state index contributed by atoms with van der Waals surface area (Å²) in [6, 6.07) is 5.99. The molecule has 2 aliphatic heterocycles. The number of rotatable bonds is 4. The Hall–Kier alpha value is -1.92. The van der Waals surface area contributed by atoms with Gasteiger partial charge < -0.3 is 19.3 Å². The van der Waals surface area contributed by atoms with Crippen molar-refractivity contribution in [2.75, 3.05) is 37.7 Å². The molecule has 0 aromatic heterocycles. The molecule has 0 atom stereocenters. The average molecular weight is 360 g/mol. The third kappa shape index (κ3) is 3.76. The topological polar surface area (TPSA) is 59.1 Å². The number of carbonyl (C=O) groups excluding carboxylic acids is 2. The summed E-state index contributed by atoms with van der Waals surface area (Å²) in [6.45, 7) is 8.07. The summed E-state index contributed by atoms with van der Waals surface area (Å²) in [5.74, 6) is -0.640. The first kappa shape index (κ1) is 18.9. The van der Waals surface area contributed by atoms with Gasteiger partial charge in [-0.25, -0.2) is 0 Å². The number of ether oxygens (including phenoxy) is 2. The first-order valence-corrected chi connectivity index (χ1v) is 9.38. The fourth-order valence-corrected chi connectivity index (χ4v) is 3.86. The Morgan fingerprint density at radius 1 is 1.19 bits per heavy atom. The fourth-order valence-electron chi connectivity index (χ4n) is 3.86. The van der Waals surface area contributed by atoms with Crippen LogP contribution in [-0.2, 0) is 25.5 Å². The number of hydrogen-bond donors (Lipinski definition) is 0. The van der Waals surface area contributed by atoms with E-state index in [1.165, 1.54) is 6.92 Å². The third-order valence-electron chi connectivity index (χ3n) is 5.34. The molecule has 2 heterocycles. The first-order valence-electron chi connectivity index (χ1n) is 9.38. The molecule has 0 N–H and O–H groups in total. The lowest BCUT2D eigenvalue weighted by Gasteiger charge is -2.38. The van der Waals surface area contributed by atoms with Crippen molar-refractivity contribution in [1.82, 2.24) is 4.90 Å². The van der Waals surface area contributed by atoms with Gasteiger partial charge in [-0.05, 0) is 24.5 Å². The van der Waals surface area contributed by atoms with Gasteiger partial charge in [0.2, 0.25) is 11.8 Å². The minimum absolute atomic E-state index is 0.0293. The Kier molecular flexibility index (Phi) is 5.63. The van der Waals surface area contributed by atoms with Gasteiger partial charge in [-0.2, -0.15) is 0 Å². The van der Waals surface area contributed by atoms with Crippen LogP contribution in [0, 0.1) is 6.92 Å². The molecule has 0 bridgehead atoms. The van der Waals surface area contributed by atoms with Crippen LogP contribution in [-0.4, -0.2) is 55.3 Å². The van der Waals surface area contributed by atoms with E-state index < -0.39 is 5.79 Å². The van der Waals surface area contributed by atoms with Gasteiger partial charge in [0.1, 0.15) is 6.54 Å². The maximum atomic E-state index is 12.9. The Labute approximate surface area is 155 Å². The number of amides is 2. The van der Waals surface area contributed by atoms with Gasteiger partial charge in [0.05, 0.1) is 18.9 Å². The van der Waals surface area contributed by atoms with Crippen molar-refractivity contribution in [3.05, 3.63) is 29.3 Å². The van der Waals surface area contributed by atoms with Crippen molar-refractivity contribution < 1.29 is 19.1 Å². The molecule has 26 heavy (non-hydrogen) atoms. The van der Waals surface area contributed by atoms with E-state index in [1.807, 2.05) is 30.0 Å². The molecular formula is C20H28N2O4. The number of likely N-dealkylation sites (tertiary alicyclic amines) is 1. The molecule has 0 aliphatic carbocycles. The summed E-state index contributed by atoms with van der Waals surface area (Å²) in [6.07, 6.45) is 2.18. The maximum Gasteiger partial charge on any atom is 0.242 e. The Balaban J connectivity index is 1.71. The van der Waals surface area contributed by atoms with E-state index in [1.54, 1.807) is 4.90 Å². The van der Waals surface area contributed by atoms with Gasteiger partial charge >= 0.3 is 0 Å². The molecular weight excluding hydrogens is 332 g/mol. The highest BCUT2D eigenvalue weighted by molar-refractivity contribution is 5.98. The highest BCUT2D eigenvalue weighted by Crippen LogP contribution is 2.32. The van der Waals surface area contributed by atoms with E-state index in [0.29, 0.717) is 39.1 Å². The van der Waals surface area contributed by atoms with E-state index in [-0.39, 0.29) is 18.4 Å². The molecule has 0 unspecified atom stereocenters. The second kappa shape index (κ2) is 7.76. The number of anilines is 1. The molecule has 142 valence electrons. The molecule has 1 aromatic carbocycles. The molecule has 1 aromatic rings. The van der Waals surface area contributed by atoms with Crippen LogP contribution >= 0.6 is 0 Å². The number of benzene rings is 1. The lowest BCUT2D eigenvalue weighted by molar-refractivity contribution is -0.187. The molecule has 2 fully saturated rings. The Morgan fingerprint density at radius 2 is 1.85 bits per heavy atom. The summed E-state index contributed by atoms with van der Waals surface area (Å²) in [5, 5.41) is 0. The van der Waals surface area contributed by atoms with Crippen molar-refractivity contribution in [1.29, 1.82) is 0 Å². The zero-order valence-corrected chi connectivity index (χ0v) is 15.9. The average Bonchev–Trinajstić information content (AvgIpc) is 3.08. The largest absolute Gasteiger partial charge is 0.347 e. The molecule has 0 saturated carbocycles. The fraction of sp³-hybridized carbons (Fsp3) is 0.600. The summed E-state index contributed by atoms with van der Waals surface area (Å²) in [7, 11) is 0. The minimum atomic E-state index is -0.498. The van der Waals surface area contributed by atoms with Crippen LogP contribution in [0.2, 0.25) is 0 Å². The van der Waals surface area contributed by atoms with Crippen LogP contribution in [0.5, 0.6) is 0 Å². The monoisotopic (exact) mass is 360 g/mol. The van der Waals surface area contributed by atoms with Crippen LogP contribution in [0.15, 0.2) is 18.2 Å². The highest BCUT2D eigenvalue weighted by Gasteiger charge is 2.41. The molecule has 6 heteroatoms. The number of carbonyl (C=O) groups is 2. The van der Waals surface area contributed by atoms with Crippen molar-refractivity contribution in [2.24, 2.45) is 0 Å². The maximum absolute atomic E-state index is 12.9. The zero-order chi connectivity index (χ0) is 18.7. The van der Waals surface area contributed by atoms with Crippen molar-refractivity contribution in [3.63, 3.8) is 0 Å². The molecule has 2 saturated heterocycles. The van der Waals surface area contributed by atoms with E-state index >= 15 is 0 Å². The molecule has 2 aliphatic rings. The van der Waals surface area contributed by atoms with Crippen LogP contribution in [0.25, 0.3) is 0 Å². The summed E-state index contributed by atoms with van der Waals surface area (Å²) in [5.41, 5.74) is 2.96. The van der Waals surface area contributed by atoms with Crippen molar-refractivity contribution >= 4 is 17.5 Å². The van der Waals surface area contributed by atoms with Gasteiger partial charge in [-0.15, -0.1) is 0 Å². The van der Waals surface area contributed by atoms with E-state index in [0.717, 1.165) is 23.2 Å². The number of hydrogen-bond acceptors (Lipinski definition) is 4. The predicted molar refractivity (Wildman–Crippen MR) is 99.0 cm³/mol. The van der Waals surface area contributed by atoms with Crippen LogP contribution in [0.1, 0.15) is 37.8 Å². The zero-order valence-electron chi connectivity index (χ0n) is 15.9. The first-order chi connectivity index (χ1) is 12.5. The summed E-state index contributed by atoms with van der Waals surface area (Å²) >= 11 is 0. The van der Waals surface area contributed by atoms with Crippen LogP contribution in [0.3, 0.4) is 0 Å². The molecule has 6 nitrogen and oxygen atoms in total. The molecule has 0 radical (unpaired) electrons. The van der Waals surface area contributed by atoms with E-state index in [9.17, 15) is 9.59 Å². The minimum Gasteiger partial charge on any atom is -0.347 e. The Morgan fingerprint density at radius 3 is 2.42 bits per heavy atom. The van der Waals surface area contributed by atoms with Crippen molar-refractivity contribution in [2.45, 2.75) is 45.8 Å². The van der Waals surface area contributed by atoms with Gasteiger partial charge in [0, 0.05) is 32.9 Å². The van der Waals surface area contributed by atoms with Crippen LogP contribution in [0.4, 0.5) is 5.69 Å². The van der Waals surface area contributed by atoms with Gasteiger partial charge in [0.25, 0.3) is 0 Å². The summed E-state index contributed by atoms with van der Waals surface area (Å²) < 4.78 is 11.4. The lowest BCUT2D eigenvalue weighted by atomic mass is 10.0.